The standard InChI is InChI=1S/C13H12INS/c14-13(12-6-3-9-16-12)11-5-2-1-4-10(11)7-8-15/h1-9,13H,15H2/b8-7-. The van der Waals surface area contributed by atoms with E-state index < -0.39 is 0 Å². The highest BCUT2D eigenvalue weighted by Gasteiger charge is 2.13. The topological polar surface area (TPSA) is 26.0 Å². The van der Waals surface area contributed by atoms with Gasteiger partial charge in [-0.3, -0.25) is 0 Å². The first kappa shape index (κ1) is 11.7. The Labute approximate surface area is 113 Å². The van der Waals surface area contributed by atoms with Gasteiger partial charge in [-0.05, 0) is 34.8 Å². The lowest BCUT2D eigenvalue weighted by Gasteiger charge is -2.11. The fourth-order valence-corrected chi connectivity index (χ4v) is 3.52. The highest BCUT2D eigenvalue weighted by molar-refractivity contribution is 14.1. The minimum absolute atomic E-state index is 0.394. The van der Waals surface area contributed by atoms with E-state index in [-0.39, 0.29) is 0 Å². The summed E-state index contributed by atoms with van der Waals surface area (Å²) in [4.78, 5) is 1.37. The smallest absolute Gasteiger partial charge is 0.0707 e. The van der Waals surface area contributed by atoms with E-state index in [1.165, 1.54) is 16.0 Å². The summed E-state index contributed by atoms with van der Waals surface area (Å²) in [6, 6.07) is 12.6. The van der Waals surface area contributed by atoms with Crippen molar-refractivity contribution in [3.8, 4) is 0 Å². The van der Waals surface area contributed by atoms with Gasteiger partial charge in [-0.15, -0.1) is 11.3 Å². The van der Waals surface area contributed by atoms with Crippen LogP contribution in [-0.2, 0) is 0 Å². The van der Waals surface area contributed by atoms with E-state index >= 15 is 0 Å². The van der Waals surface area contributed by atoms with Crippen LogP contribution in [-0.4, -0.2) is 0 Å². The zero-order chi connectivity index (χ0) is 11.4. The Morgan fingerprint density at radius 1 is 1.19 bits per heavy atom. The summed E-state index contributed by atoms with van der Waals surface area (Å²) >= 11 is 4.26. The van der Waals surface area contributed by atoms with Gasteiger partial charge in [0.25, 0.3) is 0 Å². The Morgan fingerprint density at radius 3 is 2.69 bits per heavy atom. The lowest BCUT2D eigenvalue weighted by atomic mass is 10.0. The molecule has 0 saturated heterocycles. The third-order valence-corrected chi connectivity index (χ3v) is 5.04. The third-order valence-electron chi connectivity index (χ3n) is 2.34. The molecule has 16 heavy (non-hydrogen) atoms. The van der Waals surface area contributed by atoms with Crippen LogP contribution in [0.4, 0.5) is 0 Å². The summed E-state index contributed by atoms with van der Waals surface area (Å²) in [7, 11) is 0. The molecule has 2 rings (SSSR count). The SMILES string of the molecule is N/C=C\c1ccccc1C(I)c1cccs1. The van der Waals surface area contributed by atoms with Gasteiger partial charge in [0.05, 0.1) is 3.92 Å². The minimum Gasteiger partial charge on any atom is -0.405 e. The van der Waals surface area contributed by atoms with Gasteiger partial charge in [-0.1, -0.05) is 52.9 Å². The van der Waals surface area contributed by atoms with E-state index in [0.29, 0.717) is 3.92 Å². The second-order valence-corrected chi connectivity index (χ2v) is 5.59. The second-order valence-electron chi connectivity index (χ2n) is 3.37. The van der Waals surface area contributed by atoms with E-state index in [2.05, 4.69) is 58.3 Å². The van der Waals surface area contributed by atoms with Crippen molar-refractivity contribution in [2.45, 2.75) is 3.92 Å². The third kappa shape index (κ3) is 2.47. The van der Waals surface area contributed by atoms with E-state index in [4.69, 9.17) is 5.73 Å². The van der Waals surface area contributed by atoms with Crippen LogP contribution in [0.25, 0.3) is 6.08 Å². The lowest BCUT2D eigenvalue weighted by Crippen LogP contribution is -1.93. The molecule has 1 unspecified atom stereocenters. The molecule has 0 bridgehead atoms. The number of rotatable bonds is 3. The van der Waals surface area contributed by atoms with E-state index in [1.54, 1.807) is 17.5 Å². The molecule has 1 aromatic carbocycles. The van der Waals surface area contributed by atoms with Crippen LogP contribution in [0.5, 0.6) is 0 Å². The van der Waals surface area contributed by atoms with Crippen molar-refractivity contribution in [3.63, 3.8) is 0 Å². The van der Waals surface area contributed by atoms with Crippen molar-refractivity contribution in [2.24, 2.45) is 5.73 Å². The number of alkyl halides is 1. The van der Waals surface area contributed by atoms with E-state index in [1.807, 2.05) is 12.1 Å². The molecule has 1 aromatic heterocycles. The van der Waals surface area contributed by atoms with Crippen LogP contribution >= 0.6 is 33.9 Å². The molecule has 0 saturated carbocycles. The predicted octanol–water partition coefficient (Wildman–Crippen LogP) is 4.20. The molecule has 0 fully saturated rings. The number of nitrogens with two attached hydrogens (primary N) is 1. The average Bonchev–Trinajstić information content (AvgIpc) is 2.83. The first-order valence-corrected chi connectivity index (χ1v) is 7.10. The summed E-state index contributed by atoms with van der Waals surface area (Å²) < 4.78 is 0.394. The first-order chi connectivity index (χ1) is 7.83. The number of thiophene rings is 1. The molecule has 0 amide bonds. The molecule has 82 valence electrons. The van der Waals surface area contributed by atoms with Crippen LogP contribution in [0.1, 0.15) is 19.9 Å². The highest BCUT2D eigenvalue weighted by atomic mass is 127. The van der Waals surface area contributed by atoms with Crippen LogP contribution in [0.3, 0.4) is 0 Å². The molecule has 1 heterocycles. The number of hydrogen-bond donors (Lipinski definition) is 1. The van der Waals surface area contributed by atoms with E-state index in [0.717, 1.165) is 0 Å². The second kappa shape index (κ2) is 5.50. The first-order valence-electron chi connectivity index (χ1n) is 4.97. The zero-order valence-electron chi connectivity index (χ0n) is 8.64. The van der Waals surface area contributed by atoms with Gasteiger partial charge in [-0.2, -0.15) is 0 Å². The zero-order valence-corrected chi connectivity index (χ0v) is 11.6. The molecule has 0 aliphatic rings. The Morgan fingerprint density at radius 2 is 2.00 bits per heavy atom. The minimum atomic E-state index is 0.394. The maximum absolute atomic E-state index is 5.47. The molecule has 3 heteroatoms. The van der Waals surface area contributed by atoms with Crippen molar-refractivity contribution in [2.75, 3.05) is 0 Å². The number of hydrogen-bond acceptors (Lipinski definition) is 2. The van der Waals surface area contributed by atoms with Crippen molar-refractivity contribution in [1.82, 2.24) is 0 Å². The van der Waals surface area contributed by atoms with Gasteiger partial charge in [0.1, 0.15) is 0 Å². The van der Waals surface area contributed by atoms with Gasteiger partial charge in [-0.25, -0.2) is 0 Å². The largest absolute Gasteiger partial charge is 0.405 e. The average molecular weight is 341 g/mol. The van der Waals surface area contributed by atoms with Gasteiger partial charge in [0, 0.05) is 4.88 Å². The fraction of sp³-hybridized carbons (Fsp3) is 0.0769. The van der Waals surface area contributed by atoms with Crippen LogP contribution in [0.2, 0.25) is 0 Å². The molecule has 1 atom stereocenters. The predicted molar refractivity (Wildman–Crippen MR) is 79.8 cm³/mol. The van der Waals surface area contributed by atoms with Crippen molar-refractivity contribution < 1.29 is 0 Å². The lowest BCUT2D eigenvalue weighted by molar-refractivity contribution is 1.24. The maximum Gasteiger partial charge on any atom is 0.0707 e. The summed E-state index contributed by atoms with van der Waals surface area (Å²) in [6.07, 6.45) is 3.55. The Kier molecular flexibility index (Phi) is 4.01. The maximum atomic E-state index is 5.47. The quantitative estimate of drug-likeness (QED) is 0.657. The highest BCUT2D eigenvalue weighted by Crippen LogP contribution is 2.36. The Bertz CT molecular complexity index is 476. The van der Waals surface area contributed by atoms with Crippen molar-refractivity contribution in [1.29, 1.82) is 0 Å². The van der Waals surface area contributed by atoms with Gasteiger partial charge < -0.3 is 5.73 Å². The molecular formula is C13H12INS. The van der Waals surface area contributed by atoms with Gasteiger partial charge >= 0.3 is 0 Å². The van der Waals surface area contributed by atoms with E-state index in [9.17, 15) is 0 Å². The summed E-state index contributed by atoms with van der Waals surface area (Å²) in [5.74, 6) is 0. The number of benzene rings is 1. The monoisotopic (exact) mass is 341 g/mol. The molecule has 0 radical (unpaired) electrons. The van der Waals surface area contributed by atoms with Gasteiger partial charge in [0.2, 0.25) is 0 Å². The van der Waals surface area contributed by atoms with Gasteiger partial charge in [0.15, 0.2) is 0 Å². The molecular weight excluding hydrogens is 329 g/mol. The molecule has 1 nitrogen and oxygen atoms in total. The fourth-order valence-electron chi connectivity index (χ4n) is 1.59. The van der Waals surface area contributed by atoms with Crippen LogP contribution in [0, 0.1) is 0 Å². The molecule has 0 aliphatic heterocycles. The summed E-state index contributed by atoms with van der Waals surface area (Å²) in [6.45, 7) is 0. The Hall–Kier alpha value is -0.810. The Balaban J connectivity index is 2.40. The molecule has 0 aliphatic carbocycles. The summed E-state index contributed by atoms with van der Waals surface area (Å²) in [5, 5.41) is 2.11. The van der Waals surface area contributed by atoms with Crippen molar-refractivity contribution in [3.05, 3.63) is 64.0 Å². The summed E-state index contributed by atoms with van der Waals surface area (Å²) in [5.41, 5.74) is 7.97. The molecule has 2 N–H and O–H groups in total. The molecule has 2 aromatic rings. The van der Waals surface area contributed by atoms with Crippen molar-refractivity contribution >= 4 is 40.0 Å². The van der Waals surface area contributed by atoms with Crippen LogP contribution in [0.15, 0.2) is 48.0 Å². The molecule has 0 spiro atoms. The number of halogens is 1. The van der Waals surface area contributed by atoms with Crippen LogP contribution < -0.4 is 5.73 Å². The normalized spacial score (nSPS) is 13.1.